The van der Waals surface area contributed by atoms with Gasteiger partial charge in [-0.05, 0) is 49.1 Å². The average Bonchev–Trinajstić information content (AvgIpc) is 2.54. The molecule has 2 atom stereocenters. The summed E-state index contributed by atoms with van der Waals surface area (Å²) in [5, 5.41) is 3.04. The smallest absolute Gasteiger partial charge is 0.0592 e. The highest BCUT2D eigenvalue weighted by Crippen LogP contribution is 2.35. The molecule has 112 valence electrons. The summed E-state index contributed by atoms with van der Waals surface area (Å²) in [7, 11) is 0. The van der Waals surface area contributed by atoms with Gasteiger partial charge in [0.15, 0.2) is 0 Å². The van der Waals surface area contributed by atoms with E-state index in [0.717, 1.165) is 35.2 Å². The highest BCUT2D eigenvalue weighted by atomic mass is 35.5. The number of hydrogen-bond donors (Lipinski definition) is 0. The van der Waals surface area contributed by atoms with E-state index in [1.165, 1.54) is 24.8 Å². The van der Waals surface area contributed by atoms with Crippen LogP contribution in [0.1, 0.15) is 43.0 Å². The Morgan fingerprint density at radius 2 is 1.90 bits per heavy atom. The lowest BCUT2D eigenvalue weighted by molar-refractivity contribution is 0.0100. The Bertz CT molecular complexity index is 605. The Hall–Kier alpha value is -0.760. The van der Waals surface area contributed by atoms with E-state index in [1.807, 2.05) is 18.2 Å². The maximum atomic E-state index is 6.66. The van der Waals surface area contributed by atoms with E-state index in [0.29, 0.717) is 6.10 Å². The molecule has 1 nitrogen and oxygen atoms in total. The van der Waals surface area contributed by atoms with Gasteiger partial charge in [0.2, 0.25) is 0 Å². The molecule has 2 aromatic rings. The molecule has 0 aliphatic carbocycles. The van der Waals surface area contributed by atoms with E-state index in [-0.39, 0.29) is 5.38 Å². The Labute approximate surface area is 136 Å². The van der Waals surface area contributed by atoms with Gasteiger partial charge in [0.1, 0.15) is 0 Å². The molecule has 2 aromatic carbocycles. The molecule has 0 bridgehead atoms. The first-order valence-electron chi connectivity index (χ1n) is 7.68. The van der Waals surface area contributed by atoms with Gasteiger partial charge < -0.3 is 4.74 Å². The first-order chi connectivity index (χ1) is 10.3. The first-order valence-corrected chi connectivity index (χ1v) is 8.50. The summed E-state index contributed by atoms with van der Waals surface area (Å²) in [6.45, 7) is 0.904. The standard InChI is InChI=1S/C18H20Cl2O/c19-17(10-8-13-5-3-4-12-21-13)16-9-11-18(20)15-7-2-1-6-14(15)16/h1-2,6-7,9,11,13,17H,3-5,8,10,12H2. The summed E-state index contributed by atoms with van der Waals surface area (Å²) < 4.78 is 5.79. The Balaban J connectivity index is 1.75. The molecule has 0 aromatic heterocycles. The fourth-order valence-corrected chi connectivity index (χ4v) is 3.63. The van der Waals surface area contributed by atoms with E-state index in [2.05, 4.69) is 18.2 Å². The number of alkyl halides is 1. The van der Waals surface area contributed by atoms with E-state index >= 15 is 0 Å². The molecule has 3 heteroatoms. The quantitative estimate of drug-likeness (QED) is 0.616. The fraction of sp³-hybridized carbons (Fsp3) is 0.444. The van der Waals surface area contributed by atoms with Crippen molar-refractivity contribution in [3.05, 3.63) is 47.0 Å². The summed E-state index contributed by atoms with van der Waals surface area (Å²) in [5.41, 5.74) is 1.17. The minimum absolute atomic E-state index is 0.0118. The highest BCUT2D eigenvalue weighted by Gasteiger charge is 2.18. The Morgan fingerprint density at radius 3 is 2.67 bits per heavy atom. The molecule has 0 radical (unpaired) electrons. The number of halogens is 2. The molecule has 1 saturated heterocycles. The van der Waals surface area contributed by atoms with Crippen LogP contribution < -0.4 is 0 Å². The second kappa shape index (κ2) is 7.00. The second-order valence-corrected chi connectivity index (χ2v) is 6.65. The molecule has 1 aliphatic rings. The number of hydrogen-bond acceptors (Lipinski definition) is 1. The molecule has 1 heterocycles. The Kier molecular flexibility index (Phi) is 5.05. The number of ether oxygens (including phenoxy) is 1. The molecule has 3 rings (SSSR count). The second-order valence-electron chi connectivity index (χ2n) is 5.72. The zero-order valence-corrected chi connectivity index (χ0v) is 13.5. The SMILES string of the molecule is Clc1ccc(C(Cl)CCC2CCCCO2)c2ccccc12. The molecule has 0 amide bonds. The third-order valence-corrected chi connectivity index (χ3v) is 5.04. The van der Waals surface area contributed by atoms with E-state index in [1.54, 1.807) is 0 Å². The molecule has 0 spiro atoms. The van der Waals surface area contributed by atoms with Crippen LogP contribution in [0.3, 0.4) is 0 Å². The van der Waals surface area contributed by atoms with Gasteiger partial charge in [-0.2, -0.15) is 0 Å². The highest BCUT2D eigenvalue weighted by molar-refractivity contribution is 6.35. The summed E-state index contributed by atoms with van der Waals surface area (Å²) in [5.74, 6) is 0. The van der Waals surface area contributed by atoms with Crippen LogP contribution in [0, 0.1) is 0 Å². The minimum atomic E-state index is 0.0118. The van der Waals surface area contributed by atoms with Crippen LogP contribution in [0.5, 0.6) is 0 Å². The lowest BCUT2D eigenvalue weighted by atomic mass is 9.97. The zero-order valence-electron chi connectivity index (χ0n) is 12.0. The predicted molar refractivity (Wildman–Crippen MR) is 90.4 cm³/mol. The Morgan fingerprint density at radius 1 is 1.10 bits per heavy atom. The monoisotopic (exact) mass is 322 g/mol. The van der Waals surface area contributed by atoms with E-state index in [4.69, 9.17) is 27.9 Å². The fourth-order valence-electron chi connectivity index (χ4n) is 3.08. The van der Waals surface area contributed by atoms with Gasteiger partial charge in [-0.25, -0.2) is 0 Å². The average molecular weight is 323 g/mol. The third kappa shape index (κ3) is 3.53. The first kappa shape index (κ1) is 15.1. The maximum absolute atomic E-state index is 6.66. The van der Waals surface area contributed by atoms with Gasteiger partial charge >= 0.3 is 0 Å². The van der Waals surface area contributed by atoms with Crippen molar-refractivity contribution in [2.75, 3.05) is 6.61 Å². The lowest BCUT2D eigenvalue weighted by Crippen LogP contribution is -2.19. The van der Waals surface area contributed by atoms with Crippen molar-refractivity contribution < 1.29 is 4.74 Å². The maximum Gasteiger partial charge on any atom is 0.0592 e. The molecular weight excluding hydrogens is 303 g/mol. The van der Waals surface area contributed by atoms with Crippen LogP contribution in [0.15, 0.2) is 36.4 Å². The van der Waals surface area contributed by atoms with Crippen LogP contribution in [0.25, 0.3) is 10.8 Å². The van der Waals surface area contributed by atoms with Crippen molar-refractivity contribution >= 4 is 34.0 Å². The summed E-state index contributed by atoms with van der Waals surface area (Å²) in [6.07, 6.45) is 6.01. The van der Waals surface area contributed by atoms with Crippen LogP contribution in [-0.4, -0.2) is 12.7 Å². The molecule has 2 unspecified atom stereocenters. The van der Waals surface area contributed by atoms with Crippen LogP contribution in [-0.2, 0) is 4.74 Å². The van der Waals surface area contributed by atoms with Gasteiger partial charge in [0, 0.05) is 17.0 Å². The van der Waals surface area contributed by atoms with Crippen LogP contribution in [0.2, 0.25) is 5.02 Å². The molecule has 21 heavy (non-hydrogen) atoms. The van der Waals surface area contributed by atoms with Gasteiger partial charge in [-0.1, -0.05) is 41.9 Å². The summed E-state index contributed by atoms with van der Waals surface area (Å²) in [4.78, 5) is 0. The van der Waals surface area contributed by atoms with Gasteiger partial charge in [-0.15, -0.1) is 11.6 Å². The van der Waals surface area contributed by atoms with Crippen molar-refractivity contribution in [2.45, 2.75) is 43.6 Å². The predicted octanol–water partition coefficient (Wildman–Crippen LogP) is 6.12. The molecule has 0 N–H and O–H groups in total. The summed E-state index contributed by atoms with van der Waals surface area (Å²) >= 11 is 12.9. The van der Waals surface area contributed by atoms with Crippen LogP contribution in [0.4, 0.5) is 0 Å². The minimum Gasteiger partial charge on any atom is -0.378 e. The molecular formula is C18H20Cl2O. The lowest BCUT2D eigenvalue weighted by Gasteiger charge is -2.23. The molecule has 1 fully saturated rings. The largest absolute Gasteiger partial charge is 0.378 e. The van der Waals surface area contributed by atoms with Crippen LogP contribution >= 0.6 is 23.2 Å². The third-order valence-electron chi connectivity index (χ3n) is 4.26. The van der Waals surface area contributed by atoms with Gasteiger partial charge in [0.25, 0.3) is 0 Å². The molecule has 1 aliphatic heterocycles. The topological polar surface area (TPSA) is 9.23 Å². The number of fused-ring (bicyclic) bond motifs is 1. The van der Waals surface area contributed by atoms with Gasteiger partial charge in [0.05, 0.1) is 11.5 Å². The summed E-state index contributed by atoms with van der Waals surface area (Å²) in [6, 6.07) is 12.2. The van der Waals surface area contributed by atoms with Crippen molar-refractivity contribution in [3.63, 3.8) is 0 Å². The van der Waals surface area contributed by atoms with E-state index < -0.39 is 0 Å². The number of rotatable bonds is 4. The van der Waals surface area contributed by atoms with Gasteiger partial charge in [-0.3, -0.25) is 0 Å². The normalized spacial score (nSPS) is 20.6. The van der Waals surface area contributed by atoms with Crippen molar-refractivity contribution in [3.8, 4) is 0 Å². The van der Waals surface area contributed by atoms with Crippen molar-refractivity contribution in [1.82, 2.24) is 0 Å². The van der Waals surface area contributed by atoms with Crippen molar-refractivity contribution in [1.29, 1.82) is 0 Å². The van der Waals surface area contributed by atoms with E-state index in [9.17, 15) is 0 Å². The zero-order chi connectivity index (χ0) is 14.7. The van der Waals surface area contributed by atoms with Crippen molar-refractivity contribution in [2.24, 2.45) is 0 Å². The molecule has 0 saturated carbocycles. The number of benzene rings is 2.